The third-order valence-corrected chi connectivity index (χ3v) is 5.11. The summed E-state index contributed by atoms with van der Waals surface area (Å²) < 4.78 is 0. The molecule has 1 atom stereocenters. The van der Waals surface area contributed by atoms with Crippen LogP contribution in [-0.4, -0.2) is 28.3 Å². The highest BCUT2D eigenvalue weighted by atomic mass is 16.2. The number of benzene rings is 2. The predicted molar refractivity (Wildman–Crippen MR) is 119 cm³/mol. The first kappa shape index (κ1) is 22.7. The van der Waals surface area contributed by atoms with Gasteiger partial charge in [0.05, 0.1) is 6.42 Å². The Kier molecular flexibility index (Phi) is 7.23. The van der Waals surface area contributed by atoms with E-state index in [4.69, 9.17) is 0 Å². The van der Waals surface area contributed by atoms with Gasteiger partial charge < -0.3 is 10.2 Å². The summed E-state index contributed by atoms with van der Waals surface area (Å²) in [5, 5.41) is 3.01. The van der Waals surface area contributed by atoms with E-state index in [0.29, 0.717) is 6.54 Å². The maximum atomic E-state index is 13.3. The Morgan fingerprint density at radius 2 is 1.59 bits per heavy atom. The SMILES string of the molecule is Cc1ccc(C)c(CC(=O)N(Cc2ccccc2C)[C@H](C)C(=O)NC(C)(C)C)c1. The zero-order chi connectivity index (χ0) is 21.8. The number of nitrogens with one attached hydrogen (secondary N) is 1. The number of hydrogen-bond donors (Lipinski definition) is 1. The van der Waals surface area contributed by atoms with Gasteiger partial charge in [0, 0.05) is 12.1 Å². The van der Waals surface area contributed by atoms with Gasteiger partial charge in [-0.05, 0) is 70.7 Å². The normalized spacial score (nSPS) is 12.4. The molecule has 0 radical (unpaired) electrons. The Hall–Kier alpha value is -2.62. The van der Waals surface area contributed by atoms with Crippen molar-refractivity contribution in [2.45, 2.75) is 73.0 Å². The Bertz CT molecular complexity index is 881. The van der Waals surface area contributed by atoms with Crippen LogP contribution in [0.5, 0.6) is 0 Å². The summed E-state index contributed by atoms with van der Waals surface area (Å²) in [6, 6.07) is 13.6. The number of aryl methyl sites for hydroxylation is 3. The van der Waals surface area contributed by atoms with E-state index in [9.17, 15) is 9.59 Å². The first-order valence-electron chi connectivity index (χ1n) is 10.2. The third kappa shape index (κ3) is 6.45. The lowest BCUT2D eigenvalue weighted by Crippen LogP contribution is -2.52. The minimum atomic E-state index is -0.563. The second kappa shape index (κ2) is 9.25. The molecule has 2 amide bonds. The van der Waals surface area contributed by atoms with Crippen LogP contribution in [0.25, 0.3) is 0 Å². The van der Waals surface area contributed by atoms with Crippen molar-refractivity contribution in [3.63, 3.8) is 0 Å². The second-order valence-electron chi connectivity index (χ2n) is 8.97. The van der Waals surface area contributed by atoms with E-state index < -0.39 is 6.04 Å². The topological polar surface area (TPSA) is 49.4 Å². The third-order valence-electron chi connectivity index (χ3n) is 5.11. The molecule has 2 aromatic carbocycles. The van der Waals surface area contributed by atoms with Crippen LogP contribution < -0.4 is 5.32 Å². The van der Waals surface area contributed by atoms with Crippen LogP contribution in [0.2, 0.25) is 0 Å². The van der Waals surface area contributed by atoms with Crippen LogP contribution in [-0.2, 0) is 22.6 Å². The summed E-state index contributed by atoms with van der Waals surface area (Å²) >= 11 is 0. The number of carbonyl (C=O) groups is 2. The molecule has 0 aliphatic rings. The highest BCUT2D eigenvalue weighted by molar-refractivity contribution is 5.88. The molecule has 0 fully saturated rings. The fraction of sp³-hybridized carbons (Fsp3) is 0.440. The van der Waals surface area contributed by atoms with Gasteiger partial charge in [-0.2, -0.15) is 0 Å². The Morgan fingerprint density at radius 1 is 0.966 bits per heavy atom. The van der Waals surface area contributed by atoms with Gasteiger partial charge in [-0.25, -0.2) is 0 Å². The maximum Gasteiger partial charge on any atom is 0.242 e. The molecule has 0 aliphatic carbocycles. The molecule has 0 unspecified atom stereocenters. The summed E-state index contributed by atoms with van der Waals surface area (Å²) in [7, 11) is 0. The van der Waals surface area contributed by atoms with Crippen LogP contribution in [0.15, 0.2) is 42.5 Å². The van der Waals surface area contributed by atoms with Crippen molar-refractivity contribution >= 4 is 11.8 Å². The average molecular weight is 395 g/mol. The standard InChI is InChI=1S/C25H34N2O2/c1-17-12-13-19(3)22(14-17)15-23(28)27(16-21-11-9-8-10-18(21)2)20(4)24(29)26-25(5,6)7/h8-14,20H,15-16H2,1-7H3,(H,26,29)/t20-/m1/s1. The number of rotatable bonds is 6. The molecule has 0 aliphatic heterocycles. The fourth-order valence-electron chi connectivity index (χ4n) is 3.28. The Balaban J connectivity index is 2.32. The second-order valence-corrected chi connectivity index (χ2v) is 8.97. The molecule has 0 saturated heterocycles. The van der Waals surface area contributed by atoms with Gasteiger partial charge in [0.1, 0.15) is 6.04 Å². The fourth-order valence-corrected chi connectivity index (χ4v) is 3.28. The van der Waals surface area contributed by atoms with Gasteiger partial charge in [-0.1, -0.05) is 48.0 Å². The summed E-state index contributed by atoms with van der Waals surface area (Å²) in [4.78, 5) is 27.9. The lowest BCUT2D eigenvalue weighted by molar-refractivity contribution is -0.140. The summed E-state index contributed by atoms with van der Waals surface area (Å²) in [5.41, 5.74) is 5.04. The van der Waals surface area contributed by atoms with Crippen LogP contribution in [0.4, 0.5) is 0 Å². The van der Waals surface area contributed by atoms with Crippen molar-refractivity contribution < 1.29 is 9.59 Å². The molecule has 0 heterocycles. The Morgan fingerprint density at radius 3 is 2.21 bits per heavy atom. The van der Waals surface area contributed by atoms with Crippen molar-refractivity contribution in [1.82, 2.24) is 10.2 Å². The van der Waals surface area contributed by atoms with Crippen molar-refractivity contribution in [2.24, 2.45) is 0 Å². The smallest absolute Gasteiger partial charge is 0.242 e. The van der Waals surface area contributed by atoms with E-state index in [0.717, 1.165) is 27.8 Å². The minimum absolute atomic E-state index is 0.0430. The van der Waals surface area contributed by atoms with Gasteiger partial charge >= 0.3 is 0 Å². The lowest BCUT2D eigenvalue weighted by atomic mass is 10.0. The van der Waals surface area contributed by atoms with Crippen LogP contribution in [0.1, 0.15) is 55.5 Å². The monoisotopic (exact) mass is 394 g/mol. The zero-order valence-corrected chi connectivity index (χ0v) is 18.8. The first-order chi connectivity index (χ1) is 13.5. The largest absolute Gasteiger partial charge is 0.350 e. The molecule has 2 rings (SSSR count). The molecule has 0 aromatic heterocycles. The van der Waals surface area contributed by atoms with Gasteiger partial charge in [-0.3, -0.25) is 9.59 Å². The van der Waals surface area contributed by atoms with Crippen molar-refractivity contribution in [3.05, 3.63) is 70.3 Å². The number of hydrogen-bond acceptors (Lipinski definition) is 2. The van der Waals surface area contributed by atoms with E-state index in [1.807, 2.05) is 77.9 Å². The summed E-state index contributed by atoms with van der Waals surface area (Å²) in [5.74, 6) is -0.182. The molecule has 0 spiro atoms. The average Bonchev–Trinajstić information content (AvgIpc) is 2.62. The number of carbonyl (C=O) groups excluding carboxylic acids is 2. The Labute approximate surface area is 175 Å². The van der Waals surface area contributed by atoms with Gasteiger partial charge in [0.25, 0.3) is 0 Å². The molecule has 4 heteroatoms. The summed E-state index contributed by atoms with van der Waals surface area (Å²) in [6.07, 6.45) is 0.284. The molecular formula is C25H34N2O2. The molecule has 2 aromatic rings. The van der Waals surface area contributed by atoms with Crippen LogP contribution >= 0.6 is 0 Å². The van der Waals surface area contributed by atoms with E-state index >= 15 is 0 Å². The highest BCUT2D eigenvalue weighted by Crippen LogP contribution is 2.18. The first-order valence-corrected chi connectivity index (χ1v) is 10.2. The minimum Gasteiger partial charge on any atom is -0.350 e. The molecule has 0 bridgehead atoms. The molecule has 29 heavy (non-hydrogen) atoms. The maximum absolute atomic E-state index is 13.3. The summed E-state index contributed by atoms with van der Waals surface area (Å²) in [6.45, 7) is 14.1. The highest BCUT2D eigenvalue weighted by Gasteiger charge is 2.28. The van der Waals surface area contributed by atoms with E-state index in [2.05, 4.69) is 11.4 Å². The lowest BCUT2D eigenvalue weighted by Gasteiger charge is -2.32. The van der Waals surface area contributed by atoms with Gasteiger partial charge in [0.2, 0.25) is 11.8 Å². The predicted octanol–water partition coefficient (Wildman–Crippen LogP) is 4.49. The van der Waals surface area contributed by atoms with E-state index in [1.165, 1.54) is 0 Å². The zero-order valence-electron chi connectivity index (χ0n) is 18.8. The van der Waals surface area contributed by atoms with E-state index in [-0.39, 0.29) is 23.8 Å². The number of nitrogens with zero attached hydrogens (tertiary/aromatic N) is 1. The van der Waals surface area contributed by atoms with Crippen LogP contribution in [0.3, 0.4) is 0 Å². The molecular weight excluding hydrogens is 360 g/mol. The van der Waals surface area contributed by atoms with Crippen LogP contribution in [0, 0.1) is 20.8 Å². The van der Waals surface area contributed by atoms with E-state index in [1.54, 1.807) is 11.8 Å². The van der Waals surface area contributed by atoms with Crippen molar-refractivity contribution in [3.8, 4) is 0 Å². The molecule has 4 nitrogen and oxygen atoms in total. The van der Waals surface area contributed by atoms with Crippen molar-refractivity contribution in [2.75, 3.05) is 0 Å². The van der Waals surface area contributed by atoms with Gasteiger partial charge in [-0.15, -0.1) is 0 Å². The quantitative estimate of drug-likeness (QED) is 0.785. The number of amides is 2. The van der Waals surface area contributed by atoms with Gasteiger partial charge in [0.15, 0.2) is 0 Å². The molecule has 1 N–H and O–H groups in total. The molecule has 156 valence electrons. The molecule has 0 saturated carbocycles. The van der Waals surface area contributed by atoms with Crippen molar-refractivity contribution in [1.29, 1.82) is 0 Å².